The minimum absolute atomic E-state index is 0.256. The fraction of sp³-hybridized carbons (Fsp3) is 0.900. The van der Waals surface area contributed by atoms with Gasteiger partial charge in [0.2, 0.25) is 0 Å². The number of piperidine rings is 1. The lowest BCUT2D eigenvalue weighted by Crippen LogP contribution is -2.49. The maximum absolute atomic E-state index is 12.0. The van der Waals surface area contributed by atoms with Gasteiger partial charge in [0.25, 0.3) is 0 Å². The largest absolute Gasteiger partial charge is 0.321 e. The summed E-state index contributed by atoms with van der Waals surface area (Å²) in [5.74, 6) is 0. The number of hydrogen-bond donors (Lipinski definition) is 1. The van der Waals surface area contributed by atoms with E-state index in [4.69, 9.17) is 0 Å². The fourth-order valence-corrected chi connectivity index (χ4v) is 2.79. The highest BCUT2D eigenvalue weighted by atomic mass is 16.2. The quantitative estimate of drug-likeness (QED) is 0.651. The molecule has 0 aromatic rings. The maximum Gasteiger partial charge on any atom is 0.320 e. The minimum atomic E-state index is 0.256. The third-order valence-corrected chi connectivity index (χ3v) is 3.73. The summed E-state index contributed by atoms with van der Waals surface area (Å²) in [5, 5.41) is 3.37. The second-order valence-electron chi connectivity index (χ2n) is 4.66. The fourth-order valence-electron chi connectivity index (χ4n) is 2.79. The second kappa shape index (κ2) is 2.86. The first-order chi connectivity index (χ1) is 6.79. The van der Waals surface area contributed by atoms with E-state index in [0.717, 1.165) is 19.5 Å². The van der Waals surface area contributed by atoms with Crippen LogP contribution in [0, 0.1) is 0 Å². The summed E-state index contributed by atoms with van der Waals surface area (Å²) in [6, 6.07) is 1.72. The molecule has 1 saturated carbocycles. The SMILES string of the molecule is CN1C(=O)N(C2CC2)C2CCNCC21. The lowest BCUT2D eigenvalue weighted by atomic mass is 10.0. The summed E-state index contributed by atoms with van der Waals surface area (Å²) in [6.07, 6.45) is 3.56. The van der Waals surface area contributed by atoms with Crippen molar-refractivity contribution >= 4 is 6.03 Å². The minimum Gasteiger partial charge on any atom is -0.321 e. The standard InChI is InChI=1S/C10H17N3O/c1-12-9-6-11-5-4-8(9)13(10(12)14)7-2-3-7/h7-9,11H,2-6H2,1H3. The van der Waals surface area contributed by atoms with Gasteiger partial charge in [-0.05, 0) is 25.8 Å². The van der Waals surface area contributed by atoms with Crippen LogP contribution in [0.3, 0.4) is 0 Å². The average Bonchev–Trinajstić information content (AvgIpc) is 2.99. The van der Waals surface area contributed by atoms with Crippen LogP contribution in [0.5, 0.6) is 0 Å². The molecule has 0 radical (unpaired) electrons. The number of amides is 2. The van der Waals surface area contributed by atoms with E-state index in [1.165, 1.54) is 12.8 Å². The highest BCUT2D eigenvalue weighted by molar-refractivity contribution is 5.78. The van der Waals surface area contributed by atoms with Crippen molar-refractivity contribution < 1.29 is 4.79 Å². The van der Waals surface area contributed by atoms with Gasteiger partial charge in [-0.2, -0.15) is 0 Å². The van der Waals surface area contributed by atoms with E-state index >= 15 is 0 Å². The predicted molar refractivity (Wildman–Crippen MR) is 53.1 cm³/mol. The van der Waals surface area contributed by atoms with Gasteiger partial charge in [-0.15, -0.1) is 0 Å². The Bertz CT molecular complexity index is 264. The summed E-state index contributed by atoms with van der Waals surface area (Å²) in [7, 11) is 1.94. The zero-order chi connectivity index (χ0) is 9.71. The number of likely N-dealkylation sites (N-methyl/N-ethyl adjacent to an activating group) is 1. The van der Waals surface area contributed by atoms with Crippen LogP contribution in [-0.2, 0) is 0 Å². The molecule has 2 heterocycles. The molecule has 0 spiro atoms. The molecule has 1 aliphatic carbocycles. The Balaban J connectivity index is 1.86. The van der Waals surface area contributed by atoms with Crippen molar-refractivity contribution in [1.29, 1.82) is 0 Å². The van der Waals surface area contributed by atoms with Crippen LogP contribution < -0.4 is 5.32 Å². The van der Waals surface area contributed by atoms with E-state index < -0.39 is 0 Å². The lowest BCUT2D eigenvalue weighted by molar-refractivity contribution is 0.186. The summed E-state index contributed by atoms with van der Waals surface area (Å²) >= 11 is 0. The normalized spacial score (nSPS) is 37.6. The first-order valence-electron chi connectivity index (χ1n) is 5.55. The molecule has 2 aliphatic heterocycles. The summed E-state index contributed by atoms with van der Waals surface area (Å²) in [5.41, 5.74) is 0. The number of nitrogens with one attached hydrogen (secondary N) is 1. The molecule has 2 atom stereocenters. The van der Waals surface area contributed by atoms with E-state index in [0.29, 0.717) is 18.1 Å². The van der Waals surface area contributed by atoms with Gasteiger partial charge in [0.15, 0.2) is 0 Å². The second-order valence-corrected chi connectivity index (χ2v) is 4.66. The Hall–Kier alpha value is -0.770. The number of carbonyl (C=O) groups is 1. The molecule has 3 fully saturated rings. The molecule has 1 N–H and O–H groups in total. The Morgan fingerprint density at radius 3 is 2.79 bits per heavy atom. The van der Waals surface area contributed by atoms with Crippen molar-refractivity contribution in [2.45, 2.75) is 37.4 Å². The van der Waals surface area contributed by atoms with E-state index in [-0.39, 0.29) is 6.03 Å². The van der Waals surface area contributed by atoms with Crippen LogP contribution in [0.15, 0.2) is 0 Å². The Kier molecular flexibility index (Phi) is 1.74. The van der Waals surface area contributed by atoms with Crippen LogP contribution in [0.2, 0.25) is 0 Å². The van der Waals surface area contributed by atoms with Crippen LogP contribution in [0.1, 0.15) is 19.3 Å². The third kappa shape index (κ3) is 1.06. The van der Waals surface area contributed by atoms with Gasteiger partial charge >= 0.3 is 6.03 Å². The number of rotatable bonds is 1. The van der Waals surface area contributed by atoms with Gasteiger partial charge in [-0.25, -0.2) is 4.79 Å². The van der Waals surface area contributed by atoms with Gasteiger partial charge in [-0.1, -0.05) is 0 Å². The van der Waals surface area contributed by atoms with Crippen LogP contribution in [0.4, 0.5) is 4.79 Å². The molecule has 2 unspecified atom stereocenters. The first kappa shape index (κ1) is 8.53. The highest BCUT2D eigenvalue weighted by Crippen LogP contribution is 2.36. The third-order valence-electron chi connectivity index (χ3n) is 3.73. The molecule has 0 bridgehead atoms. The monoisotopic (exact) mass is 195 g/mol. The molecule has 3 aliphatic rings. The van der Waals surface area contributed by atoms with Crippen molar-refractivity contribution in [3.63, 3.8) is 0 Å². The first-order valence-corrected chi connectivity index (χ1v) is 5.55. The highest BCUT2D eigenvalue weighted by Gasteiger charge is 2.49. The maximum atomic E-state index is 12.0. The molecule has 3 rings (SSSR count). The summed E-state index contributed by atoms with van der Waals surface area (Å²) in [6.45, 7) is 2.03. The molecule has 0 aromatic heterocycles. The molecule has 2 amide bonds. The Labute approximate surface area is 84.2 Å². The number of hydrogen-bond acceptors (Lipinski definition) is 2. The van der Waals surface area contributed by atoms with Gasteiger partial charge in [0.05, 0.1) is 12.1 Å². The molecule has 78 valence electrons. The summed E-state index contributed by atoms with van der Waals surface area (Å²) < 4.78 is 0. The van der Waals surface area contributed by atoms with Crippen molar-refractivity contribution in [3.8, 4) is 0 Å². The van der Waals surface area contributed by atoms with Crippen LogP contribution in [-0.4, -0.2) is 54.1 Å². The van der Waals surface area contributed by atoms with Crippen LogP contribution >= 0.6 is 0 Å². The number of nitrogens with zero attached hydrogens (tertiary/aromatic N) is 2. The smallest absolute Gasteiger partial charge is 0.320 e. The Morgan fingerprint density at radius 2 is 2.07 bits per heavy atom. The summed E-state index contributed by atoms with van der Waals surface area (Å²) in [4.78, 5) is 16.0. The molecular weight excluding hydrogens is 178 g/mol. The van der Waals surface area contributed by atoms with Gasteiger partial charge < -0.3 is 15.1 Å². The number of carbonyl (C=O) groups excluding carboxylic acids is 1. The molecular formula is C10H17N3O. The van der Waals surface area contributed by atoms with Crippen molar-refractivity contribution in [2.75, 3.05) is 20.1 Å². The number of urea groups is 1. The van der Waals surface area contributed by atoms with Gasteiger partial charge in [-0.3, -0.25) is 0 Å². The zero-order valence-corrected chi connectivity index (χ0v) is 8.57. The van der Waals surface area contributed by atoms with E-state index in [1.807, 2.05) is 11.9 Å². The van der Waals surface area contributed by atoms with E-state index in [2.05, 4.69) is 10.2 Å². The van der Waals surface area contributed by atoms with Gasteiger partial charge in [0, 0.05) is 19.6 Å². The molecule has 0 aromatic carbocycles. The molecule has 4 nitrogen and oxygen atoms in total. The van der Waals surface area contributed by atoms with Crippen molar-refractivity contribution in [3.05, 3.63) is 0 Å². The van der Waals surface area contributed by atoms with Crippen molar-refractivity contribution in [1.82, 2.24) is 15.1 Å². The van der Waals surface area contributed by atoms with Crippen molar-refractivity contribution in [2.24, 2.45) is 0 Å². The lowest BCUT2D eigenvalue weighted by Gasteiger charge is -2.31. The average molecular weight is 195 g/mol. The molecule has 4 heteroatoms. The predicted octanol–water partition coefficient (Wildman–Crippen LogP) is 0.247. The van der Waals surface area contributed by atoms with E-state index in [1.54, 1.807) is 0 Å². The molecule has 14 heavy (non-hydrogen) atoms. The number of fused-ring (bicyclic) bond motifs is 1. The zero-order valence-electron chi connectivity index (χ0n) is 8.57. The van der Waals surface area contributed by atoms with Crippen LogP contribution in [0.25, 0.3) is 0 Å². The Morgan fingerprint density at radius 1 is 1.29 bits per heavy atom. The van der Waals surface area contributed by atoms with E-state index in [9.17, 15) is 4.79 Å². The molecule has 2 saturated heterocycles. The van der Waals surface area contributed by atoms with Gasteiger partial charge in [0.1, 0.15) is 0 Å². The topological polar surface area (TPSA) is 35.6 Å².